The Balaban J connectivity index is 4.75. The first-order valence-electron chi connectivity index (χ1n) is 5.29. The molecule has 4 nitrogen and oxygen atoms in total. The Morgan fingerprint density at radius 3 is 2.24 bits per heavy atom. The van der Waals surface area contributed by atoms with Crippen LogP contribution in [0.2, 0.25) is 0 Å². The molecule has 17 heavy (non-hydrogen) atoms. The number of carbonyl (C=O) groups excluding carboxylic acids is 1. The van der Waals surface area contributed by atoms with Gasteiger partial charge in [0, 0.05) is 7.11 Å². The number of hydrogen-bond donors (Lipinski definition) is 1. The van der Waals surface area contributed by atoms with Crippen LogP contribution in [0.1, 0.15) is 20.3 Å². The molecular weight excluding hydrogens is 239 g/mol. The van der Waals surface area contributed by atoms with E-state index >= 15 is 0 Å². The second-order valence-corrected chi connectivity index (χ2v) is 3.56. The van der Waals surface area contributed by atoms with Crippen LogP contribution < -0.4 is 5.32 Å². The quantitative estimate of drug-likeness (QED) is 0.702. The summed E-state index contributed by atoms with van der Waals surface area (Å²) >= 11 is 0. The lowest BCUT2D eigenvalue weighted by atomic mass is 9.97. The van der Waals surface area contributed by atoms with Gasteiger partial charge in [-0.25, -0.2) is 4.79 Å². The van der Waals surface area contributed by atoms with Gasteiger partial charge in [0.25, 0.3) is 0 Å². The summed E-state index contributed by atoms with van der Waals surface area (Å²) in [5.74, 6) is -0.728. The van der Waals surface area contributed by atoms with Crippen LogP contribution in [0.3, 0.4) is 0 Å². The van der Waals surface area contributed by atoms with Gasteiger partial charge < -0.3 is 9.47 Å². The summed E-state index contributed by atoms with van der Waals surface area (Å²) in [7, 11) is 1.32. The van der Waals surface area contributed by atoms with Crippen LogP contribution in [0.25, 0.3) is 0 Å². The monoisotopic (exact) mass is 257 g/mol. The zero-order valence-electron chi connectivity index (χ0n) is 10.2. The molecule has 0 radical (unpaired) electrons. The molecule has 0 aliphatic carbocycles. The molecular formula is C10H18F3NO3. The van der Waals surface area contributed by atoms with Crippen molar-refractivity contribution < 1.29 is 27.4 Å². The molecule has 0 aliphatic heterocycles. The van der Waals surface area contributed by atoms with Crippen molar-refractivity contribution in [1.29, 1.82) is 0 Å². The summed E-state index contributed by atoms with van der Waals surface area (Å²) in [5.41, 5.74) is -1.44. The predicted octanol–water partition coefficient (Wildman–Crippen LogP) is 1.50. The van der Waals surface area contributed by atoms with E-state index < -0.39 is 24.2 Å². The largest absolute Gasteiger partial charge is 0.465 e. The molecule has 0 rings (SSSR count). The number of ether oxygens (including phenoxy) is 2. The fourth-order valence-corrected chi connectivity index (χ4v) is 1.34. The number of alkyl halides is 3. The van der Waals surface area contributed by atoms with Gasteiger partial charge in [-0.3, -0.25) is 5.32 Å². The highest BCUT2D eigenvalue weighted by atomic mass is 19.4. The molecule has 1 unspecified atom stereocenters. The minimum absolute atomic E-state index is 0.109. The van der Waals surface area contributed by atoms with Crippen molar-refractivity contribution in [2.45, 2.75) is 32.0 Å². The van der Waals surface area contributed by atoms with E-state index in [1.165, 1.54) is 7.11 Å². The van der Waals surface area contributed by atoms with Gasteiger partial charge in [-0.2, -0.15) is 13.2 Å². The SMILES string of the molecule is CCOC(=O)C(CC)(COC)NCC(F)(F)F. The third-order valence-corrected chi connectivity index (χ3v) is 2.29. The number of halogens is 3. The highest BCUT2D eigenvalue weighted by Crippen LogP contribution is 2.18. The summed E-state index contributed by atoms with van der Waals surface area (Å²) in [6.07, 6.45) is -4.24. The lowest BCUT2D eigenvalue weighted by Gasteiger charge is -2.31. The van der Waals surface area contributed by atoms with E-state index in [0.29, 0.717) is 0 Å². The van der Waals surface area contributed by atoms with Gasteiger partial charge >= 0.3 is 12.1 Å². The minimum Gasteiger partial charge on any atom is -0.465 e. The van der Waals surface area contributed by atoms with Gasteiger partial charge in [0.15, 0.2) is 0 Å². The standard InChI is InChI=1S/C10H18F3NO3/c1-4-9(7-16-3,8(15)17-5-2)14-6-10(11,12)13/h14H,4-7H2,1-3H3. The van der Waals surface area contributed by atoms with E-state index in [9.17, 15) is 18.0 Å². The maximum Gasteiger partial charge on any atom is 0.401 e. The van der Waals surface area contributed by atoms with Crippen LogP contribution in [-0.4, -0.2) is 44.6 Å². The Hall–Kier alpha value is -0.820. The predicted molar refractivity (Wildman–Crippen MR) is 55.6 cm³/mol. The van der Waals surface area contributed by atoms with E-state index in [4.69, 9.17) is 9.47 Å². The molecule has 0 amide bonds. The number of carbonyl (C=O) groups is 1. The number of rotatable bonds is 7. The van der Waals surface area contributed by atoms with Crippen LogP contribution in [0.4, 0.5) is 13.2 Å². The lowest BCUT2D eigenvalue weighted by molar-refractivity contribution is -0.159. The maximum absolute atomic E-state index is 12.2. The van der Waals surface area contributed by atoms with Crippen LogP contribution in [-0.2, 0) is 14.3 Å². The van der Waals surface area contributed by atoms with Crippen molar-refractivity contribution in [3.05, 3.63) is 0 Å². The first-order valence-corrected chi connectivity index (χ1v) is 5.29. The molecule has 0 spiro atoms. The molecule has 0 aromatic rings. The summed E-state index contributed by atoms with van der Waals surface area (Å²) in [4.78, 5) is 11.7. The summed E-state index contributed by atoms with van der Waals surface area (Å²) < 4.78 is 46.0. The zero-order valence-corrected chi connectivity index (χ0v) is 10.2. The number of methoxy groups -OCH3 is 1. The van der Waals surface area contributed by atoms with E-state index in [2.05, 4.69) is 5.32 Å². The summed E-state index contributed by atoms with van der Waals surface area (Å²) in [5, 5.41) is 2.18. The number of nitrogens with one attached hydrogen (secondary N) is 1. The average molecular weight is 257 g/mol. The molecule has 0 bridgehead atoms. The fraction of sp³-hybridized carbons (Fsp3) is 0.900. The minimum atomic E-state index is -4.39. The van der Waals surface area contributed by atoms with Gasteiger partial charge in [0.05, 0.1) is 19.8 Å². The number of hydrogen-bond acceptors (Lipinski definition) is 4. The Labute approximate surface area is 98.5 Å². The van der Waals surface area contributed by atoms with Crippen molar-refractivity contribution in [2.24, 2.45) is 0 Å². The molecule has 1 atom stereocenters. The highest BCUT2D eigenvalue weighted by Gasteiger charge is 2.41. The van der Waals surface area contributed by atoms with Gasteiger partial charge in [-0.1, -0.05) is 6.92 Å². The van der Waals surface area contributed by atoms with E-state index in [-0.39, 0.29) is 19.6 Å². The molecule has 0 saturated heterocycles. The lowest BCUT2D eigenvalue weighted by Crippen LogP contribution is -2.58. The molecule has 102 valence electrons. The first kappa shape index (κ1) is 16.2. The van der Waals surface area contributed by atoms with Crippen molar-refractivity contribution in [3.63, 3.8) is 0 Å². The van der Waals surface area contributed by atoms with Crippen molar-refractivity contribution in [3.8, 4) is 0 Å². The molecule has 0 aromatic carbocycles. The van der Waals surface area contributed by atoms with Gasteiger partial charge in [0.2, 0.25) is 0 Å². The summed E-state index contributed by atoms with van der Waals surface area (Å²) in [6, 6.07) is 0. The zero-order chi connectivity index (χ0) is 13.5. The maximum atomic E-state index is 12.2. The smallest absolute Gasteiger partial charge is 0.401 e. The van der Waals surface area contributed by atoms with Gasteiger partial charge in [-0.15, -0.1) is 0 Å². The Morgan fingerprint density at radius 1 is 1.29 bits per heavy atom. The molecule has 0 fully saturated rings. The second kappa shape index (κ2) is 6.80. The fourth-order valence-electron chi connectivity index (χ4n) is 1.34. The average Bonchev–Trinajstić information content (AvgIpc) is 2.23. The van der Waals surface area contributed by atoms with Crippen molar-refractivity contribution >= 4 is 5.97 Å². The van der Waals surface area contributed by atoms with Crippen LogP contribution >= 0.6 is 0 Å². The summed E-state index contributed by atoms with van der Waals surface area (Å²) in [6.45, 7) is 1.87. The second-order valence-electron chi connectivity index (χ2n) is 3.56. The molecule has 0 aromatic heterocycles. The third-order valence-electron chi connectivity index (χ3n) is 2.29. The van der Waals surface area contributed by atoms with Crippen LogP contribution in [0.5, 0.6) is 0 Å². The Bertz CT molecular complexity index is 245. The van der Waals surface area contributed by atoms with Crippen molar-refractivity contribution in [1.82, 2.24) is 5.32 Å². The molecule has 1 N–H and O–H groups in total. The van der Waals surface area contributed by atoms with Crippen LogP contribution in [0, 0.1) is 0 Å². The first-order chi connectivity index (χ1) is 7.81. The van der Waals surface area contributed by atoms with Gasteiger partial charge in [0.1, 0.15) is 5.54 Å². The highest BCUT2D eigenvalue weighted by molar-refractivity contribution is 5.81. The normalized spacial score (nSPS) is 15.4. The van der Waals surface area contributed by atoms with E-state index in [1.54, 1.807) is 13.8 Å². The molecule has 0 aliphatic rings. The molecule has 0 saturated carbocycles. The Morgan fingerprint density at radius 2 is 1.88 bits per heavy atom. The molecule has 7 heteroatoms. The molecule has 0 heterocycles. The topological polar surface area (TPSA) is 47.6 Å². The third kappa shape index (κ3) is 5.36. The Kier molecular flexibility index (Phi) is 6.48. The van der Waals surface area contributed by atoms with E-state index in [0.717, 1.165) is 0 Å². The van der Waals surface area contributed by atoms with Crippen molar-refractivity contribution in [2.75, 3.05) is 26.9 Å². The number of esters is 1. The van der Waals surface area contributed by atoms with Gasteiger partial charge in [-0.05, 0) is 13.3 Å². The van der Waals surface area contributed by atoms with Crippen LogP contribution in [0.15, 0.2) is 0 Å². The van der Waals surface area contributed by atoms with E-state index in [1.807, 2.05) is 0 Å².